The highest BCUT2D eigenvalue weighted by atomic mass is 16.3. The highest BCUT2D eigenvalue weighted by Crippen LogP contribution is 2.48. The summed E-state index contributed by atoms with van der Waals surface area (Å²) in [5, 5.41) is 19.9. The summed E-state index contributed by atoms with van der Waals surface area (Å²) >= 11 is 0. The molecule has 1 fully saturated rings. The topological polar surface area (TPSA) is 50.0 Å². The fourth-order valence-corrected chi connectivity index (χ4v) is 7.18. The van der Waals surface area contributed by atoms with Gasteiger partial charge in [0.05, 0.1) is 0 Å². The summed E-state index contributed by atoms with van der Waals surface area (Å²) in [7, 11) is 4.31. The van der Waals surface area contributed by atoms with Crippen LogP contribution >= 0.6 is 0 Å². The van der Waals surface area contributed by atoms with Gasteiger partial charge >= 0.3 is 0 Å². The molecule has 0 unspecified atom stereocenters. The molecule has 1 aliphatic carbocycles. The van der Waals surface area contributed by atoms with Gasteiger partial charge in [-0.3, -0.25) is 0 Å². The second kappa shape index (κ2) is 11.5. The lowest BCUT2D eigenvalue weighted by Crippen LogP contribution is -2.31. The van der Waals surface area contributed by atoms with Crippen molar-refractivity contribution >= 4 is 17.1 Å². The van der Waals surface area contributed by atoms with Gasteiger partial charge < -0.3 is 20.0 Å². The summed E-state index contributed by atoms with van der Waals surface area (Å²) in [5.74, 6) is 0. The summed E-state index contributed by atoms with van der Waals surface area (Å²) < 4.78 is 2.17. The van der Waals surface area contributed by atoms with Crippen LogP contribution < -0.4 is 9.80 Å². The number of anilines is 2. The highest BCUT2D eigenvalue weighted by Gasteiger charge is 2.39. The van der Waals surface area contributed by atoms with E-state index in [-0.39, 0.29) is 24.0 Å². The molecule has 5 rings (SSSR count). The maximum atomic E-state index is 9.97. The lowest BCUT2D eigenvalue weighted by Gasteiger charge is -2.25. The third-order valence-corrected chi connectivity index (χ3v) is 9.32. The van der Waals surface area contributed by atoms with E-state index in [0.717, 1.165) is 25.0 Å². The van der Waals surface area contributed by atoms with Crippen LogP contribution in [0.3, 0.4) is 0 Å². The number of rotatable bonds is 6. The Morgan fingerprint density at radius 3 is 1.49 bits per heavy atom. The molecule has 3 aliphatic rings. The van der Waals surface area contributed by atoms with Crippen molar-refractivity contribution in [2.75, 3.05) is 50.2 Å². The molecule has 5 nitrogen and oxygen atoms in total. The molecule has 0 saturated heterocycles. The number of nitrogens with zero attached hydrogens (tertiary/aromatic N) is 3. The molecule has 41 heavy (non-hydrogen) atoms. The van der Waals surface area contributed by atoms with E-state index in [9.17, 15) is 10.2 Å². The van der Waals surface area contributed by atoms with E-state index in [1.165, 1.54) is 45.0 Å². The SMILES string of the molecule is CN1C(=CC=C2CCCC(=CC=C3N(C)c4ccccc4C3(C)C)C2=[N+](CCO)CCO)C(C)(C)c2ccccc21. The van der Waals surface area contributed by atoms with E-state index in [0.29, 0.717) is 13.1 Å². The predicted molar refractivity (Wildman–Crippen MR) is 171 cm³/mol. The van der Waals surface area contributed by atoms with E-state index in [4.69, 9.17) is 0 Å². The van der Waals surface area contributed by atoms with Crippen molar-refractivity contribution in [3.63, 3.8) is 0 Å². The van der Waals surface area contributed by atoms with E-state index in [1.807, 2.05) is 0 Å². The molecule has 1 saturated carbocycles. The molecule has 5 heteroatoms. The minimum atomic E-state index is -0.0934. The first kappa shape index (κ1) is 29.1. The van der Waals surface area contributed by atoms with Crippen molar-refractivity contribution in [1.82, 2.24) is 0 Å². The van der Waals surface area contributed by atoms with Crippen LogP contribution in [0.1, 0.15) is 58.1 Å². The van der Waals surface area contributed by atoms with Gasteiger partial charge in [-0.05, 0) is 54.7 Å². The van der Waals surface area contributed by atoms with Crippen molar-refractivity contribution in [3.05, 3.63) is 107 Å². The van der Waals surface area contributed by atoms with Crippen molar-refractivity contribution < 1.29 is 14.8 Å². The predicted octanol–water partition coefficient (Wildman–Crippen LogP) is 6.08. The van der Waals surface area contributed by atoms with E-state index < -0.39 is 0 Å². The van der Waals surface area contributed by atoms with Crippen molar-refractivity contribution in [2.45, 2.75) is 57.8 Å². The Morgan fingerprint density at radius 1 is 0.683 bits per heavy atom. The molecule has 2 aromatic rings. The first-order valence-electron chi connectivity index (χ1n) is 15.0. The Kier molecular flexibility index (Phi) is 8.13. The normalized spacial score (nSPS) is 23.2. The van der Waals surface area contributed by atoms with Crippen LogP contribution in [0.2, 0.25) is 0 Å². The number of likely N-dealkylation sites (N-methyl/N-ethyl adjacent to an activating group) is 2. The zero-order valence-electron chi connectivity index (χ0n) is 25.6. The molecule has 2 aromatic carbocycles. The molecule has 2 aliphatic heterocycles. The molecule has 0 amide bonds. The van der Waals surface area contributed by atoms with Crippen LogP contribution in [0.5, 0.6) is 0 Å². The molecule has 216 valence electrons. The molecular weight excluding hydrogens is 506 g/mol. The van der Waals surface area contributed by atoms with Crippen LogP contribution in [-0.2, 0) is 10.8 Å². The van der Waals surface area contributed by atoms with Crippen LogP contribution in [0.15, 0.2) is 95.4 Å². The third kappa shape index (κ3) is 5.11. The lowest BCUT2D eigenvalue weighted by atomic mass is 9.82. The molecule has 2 N–H and O–H groups in total. The van der Waals surface area contributed by atoms with Gasteiger partial charge in [-0.1, -0.05) is 76.2 Å². The monoisotopic (exact) mass is 552 g/mol. The maximum Gasteiger partial charge on any atom is 0.206 e. The van der Waals surface area contributed by atoms with Gasteiger partial charge in [0.15, 0.2) is 13.1 Å². The second-order valence-corrected chi connectivity index (χ2v) is 12.5. The molecule has 0 radical (unpaired) electrons. The number of fused-ring (bicyclic) bond motifs is 2. The number of aliphatic hydroxyl groups is 2. The van der Waals surface area contributed by atoms with E-state index >= 15 is 0 Å². The largest absolute Gasteiger partial charge is 0.390 e. The van der Waals surface area contributed by atoms with Crippen molar-refractivity contribution in [1.29, 1.82) is 0 Å². The second-order valence-electron chi connectivity index (χ2n) is 12.5. The first-order valence-corrected chi connectivity index (χ1v) is 15.0. The fraction of sp³-hybridized carbons (Fsp3) is 0.417. The average molecular weight is 553 g/mol. The van der Waals surface area contributed by atoms with Crippen LogP contribution in [0.25, 0.3) is 0 Å². The maximum absolute atomic E-state index is 9.97. The Labute approximate surface area is 246 Å². The van der Waals surface area contributed by atoms with E-state index in [2.05, 4.69) is 129 Å². The number of aliphatic hydroxyl groups excluding tert-OH is 2. The summed E-state index contributed by atoms with van der Waals surface area (Å²) in [4.78, 5) is 4.62. The molecule has 0 atom stereocenters. The number of benzene rings is 2. The molecule has 2 heterocycles. The Balaban J connectivity index is 1.59. The molecular formula is C36H46N3O2+. The third-order valence-electron chi connectivity index (χ3n) is 9.32. The summed E-state index contributed by atoms with van der Waals surface area (Å²) in [6.45, 7) is 10.3. The minimum Gasteiger partial charge on any atom is -0.390 e. The van der Waals surface area contributed by atoms with Crippen molar-refractivity contribution in [3.8, 4) is 0 Å². The number of hydrogen-bond donors (Lipinski definition) is 2. The van der Waals surface area contributed by atoms with Gasteiger partial charge in [-0.25, -0.2) is 4.58 Å². The van der Waals surface area contributed by atoms with Gasteiger partial charge in [0.25, 0.3) is 0 Å². The lowest BCUT2D eigenvalue weighted by molar-refractivity contribution is -0.531. The Bertz CT molecular complexity index is 1360. The zero-order valence-corrected chi connectivity index (χ0v) is 25.6. The van der Waals surface area contributed by atoms with Crippen molar-refractivity contribution in [2.24, 2.45) is 0 Å². The van der Waals surface area contributed by atoms with Gasteiger partial charge in [-0.15, -0.1) is 0 Å². The summed E-state index contributed by atoms with van der Waals surface area (Å²) in [5.41, 5.74) is 11.2. The quantitative estimate of drug-likeness (QED) is 0.426. The highest BCUT2D eigenvalue weighted by molar-refractivity contribution is 6.10. The number of allylic oxidation sites excluding steroid dienone is 8. The van der Waals surface area contributed by atoms with Crippen LogP contribution in [0, 0.1) is 0 Å². The summed E-state index contributed by atoms with van der Waals surface area (Å²) in [6.07, 6.45) is 12.2. The Morgan fingerprint density at radius 2 is 1.10 bits per heavy atom. The molecule has 0 spiro atoms. The molecule has 0 bridgehead atoms. The Hall–Kier alpha value is -3.41. The zero-order chi connectivity index (χ0) is 29.4. The van der Waals surface area contributed by atoms with Gasteiger partial charge in [0, 0.05) is 58.8 Å². The number of hydrogen-bond acceptors (Lipinski definition) is 4. The van der Waals surface area contributed by atoms with Gasteiger partial charge in [-0.2, -0.15) is 0 Å². The first-order chi connectivity index (χ1) is 19.6. The van der Waals surface area contributed by atoms with Gasteiger partial charge in [0.2, 0.25) is 5.71 Å². The smallest absolute Gasteiger partial charge is 0.206 e. The minimum absolute atomic E-state index is 0.0440. The average Bonchev–Trinajstić information content (AvgIpc) is 3.28. The fourth-order valence-electron chi connectivity index (χ4n) is 7.18. The summed E-state index contributed by atoms with van der Waals surface area (Å²) in [6, 6.07) is 17.3. The number of para-hydroxylation sites is 2. The van der Waals surface area contributed by atoms with Gasteiger partial charge in [0.1, 0.15) is 13.2 Å². The molecule has 0 aromatic heterocycles. The van der Waals surface area contributed by atoms with Crippen LogP contribution in [0.4, 0.5) is 11.4 Å². The standard InChI is InChI=1S/C36H46N3O2/c1-35(2)28-14-7-9-16-30(28)37(5)32(35)20-18-26-12-11-13-27(34(26)39(22-24-40)23-25-41)19-21-33-36(3,4)29-15-8-10-17-31(29)38(33)6/h7-10,14-21,40-41H,11-13,22-25H2,1-6H3/q+1. The van der Waals surface area contributed by atoms with E-state index in [1.54, 1.807) is 0 Å². The van der Waals surface area contributed by atoms with Crippen LogP contribution in [-0.4, -0.2) is 60.9 Å².